The quantitative estimate of drug-likeness (QED) is 0.430. The first kappa shape index (κ1) is 20.0. The molecule has 9 heteroatoms. The molecule has 0 spiro atoms. The average Bonchev–Trinajstić information content (AvgIpc) is 3.31. The largest absolute Gasteiger partial charge is 0.326 e. The van der Waals surface area contributed by atoms with Crippen molar-refractivity contribution >= 4 is 57.3 Å². The van der Waals surface area contributed by atoms with Gasteiger partial charge in [0.15, 0.2) is 11.0 Å². The number of anilines is 1. The van der Waals surface area contributed by atoms with E-state index in [9.17, 15) is 14.4 Å². The van der Waals surface area contributed by atoms with Crippen molar-refractivity contribution in [3.63, 3.8) is 0 Å². The molecule has 2 N–H and O–H groups in total. The molecular weight excluding hydrogens is 396 g/mol. The second-order valence-electron chi connectivity index (χ2n) is 6.05. The summed E-state index contributed by atoms with van der Waals surface area (Å²) in [6.07, 6.45) is 0.0115. The van der Waals surface area contributed by atoms with Gasteiger partial charge in [0.25, 0.3) is 0 Å². The number of rotatable bonds is 6. The SMILES string of the molecule is CC(=O)c1ccc(NC(=O)CC2S/C(=N/N=C(\C)c3cccs3)NC2=O)cc1. The molecule has 0 bridgehead atoms. The second-order valence-corrected chi connectivity index (χ2v) is 8.19. The zero-order valence-electron chi connectivity index (χ0n) is 15.3. The maximum Gasteiger partial charge on any atom is 0.240 e. The zero-order valence-corrected chi connectivity index (χ0v) is 16.9. The lowest BCUT2D eigenvalue weighted by Crippen LogP contribution is -2.28. The molecule has 2 aromatic rings. The van der Waals surface area contributed by atoms with Gasteiger partial charge in [-0.2, -0.15) is 5.10 Å². The first-order valence-electron chi connectivity index (χ1n) is 8.47. The van der Waals surface area contributed by atoms with Crippen LogP contribution in [0.15, 0.2) is 52.0 Å². The Morgan fingerprint density at radius 3 is 2.57 bits per heavy atom. The van der Waals surface area contributed by atoms with Gasteiger partial charge in [-0.05, 0) is 49.6 Å². The van der Waals surface area contributed by atoms with Crippen LogP contribution in [-0.2, 0) is 9.59 Å². The van der Waals surface area contributed by atoms with Gasteiger partial charge in [-0.15, -0.1) is 16.4 Å². The number of ketones is 1. The minimum absolute atomic E-state index is 0.0115. The van der Waals surface area contributed by atoms with Gasteiger partial charge in [-0.3, -0.25) is 14.4 Å². The van der Waals surface area contributed by atoms with E-state index in [2.05, 4.69) is 20.8 Å². The number of thioether (sulfide) groups is 1. The van der Waals surface area contributed by atoms with Crippen molar-refractivity contribution in [2.45, 2.75) is 25.5 Å². The van der Waals surface area contributed by atoms with E-state index < -0.39 is 5.25 Å². The van der Waals surface area contributed by atoms with Gasteiger partial charge in [0.2, 0.25) is 11.8 Å². The van der Waals surface area contributed by atoms with Crippen LogP contribution in [0, 0.1) is 0 Å². The summed E-state index contributed by atoms with van der Waals surface area (Å²) in [7, 11) is 0. The van der Waals surface area contributed by atoms with Crippen LogP contribution in [0.25, 0.3) is 0 Å². The molecular formula is C19H18N4O3S2. The number of thiophene rings is 1. The van der Waals surface area contributed by atoms with Crippen molar-refractivity contribution < 1.29 is 14.4 Å². The lowest BCUT2D eigenvalue weighted by molar-refractivity contribution is -0.122. The summed E-state index contributed by atoms with van der Waals surface area (Å²) in [6.45, 7) is 3.33. The normalized spacial score (nSPS) is 18.2. The first-order valence-corrected chi connectivity index (χ1v) is 10.2. The molecule has 2 heterocycles. The molecule has 1 aromatic carbocycles. The van der Waals surface area contributed by atoms with Crippen molar-refractivity contribution in [3.05, 3.63) is 52.2 Å². The predicted molar refractivity (Wildman–Crippen MR) is 113 cm³/mol. The smallest absolute Gasteiger partial charge is 0.240 e. The van der Waals surface area contributed by atoms with E-state index in [0.717, 1.165) is 10.6 Å². The van der Waals surface area contributed by atoms with Crippen molar-refractivity contribution in [2.75, 3.05) is 5.32 Å². The van der Waals surface area contributed by atoms with Crippen molar-refractivity contribution in [1.29, 1.82) is 0 Å². The molecule has 1 unspecified atom stereocenters. The van der Waals surface area contributed by atoms with Crippen LogP contribution in [0.1, 0.15) is 35.5 Å². The molecule has 3 rings (SSSR count). The highest BCUT2D eigenvalue weighted by Gasteiger charge is 2.32. The number of nitrogens with one attached hydrogen (secondary N) is 2. The molecule has 0 aliphatic carbocycles. The minimum atomic E-state index is -0.563. The minimum Gasteiger partial charge on any atom is -0.326 e. The third-order valence-electron chi connectivity index (χ3n) is 3.89. The highest BCUT2D eigenvalue weighted by atomic mass is 32.2. The Balaban J connectivity index is 1.56. The average molecular weight is 415 g/mol. The fourth-order valence-corrected chi connectivity index (χ4v) is 4.00. The Morgan fingerprint density at radius 2 is 1.93 bits per heavy atom. The molecule has 144 valence electrons. The zero-order chi connectivity index (χ0) is 20.1. The summed E-state index contributed by atoms with van der Waals surface area (Å²) in [5.74, 6) is -0.599. The van der Waals surface area contributed by atoms with Gasteiger partial charge < -0.3 is 10.6 Å². The van der Waals surface area contributed by atoms with Crippen LogP contribution in [0.4, 0.5) is 5.69 Å². The van der Waals surface area contributed by atoms with Crippen LogP contribution < -0.4 is 10.6 Å². The predicted octanol–water partition coefficient (Wildman–Crippen LogP) is 3.29. The lowest BCUT2D eigenvalue weighted by atomic mass is 10.1. The summed E-state index contributed by atoms with van der Waals surface area (Å²) in [5.41, 5.74) is 1.90. The highest BCUT2D eigenvalue weighted by Crippen LogP contribution is 2.23. The number of carbonyl (C=O) groups is 3. The van der Waals surface area contributed by atoms with Crippen LogP contribution >= 0.6 is 23.1 Å². The summed E-state index contributed by atoms with van der Waals surface area (Å²) in [6, 6.07) is 10.5. The fraction of sp³-hybridized carbons (Fsp3) is 0.211. The van der Waals surface area contributed by atoms with Crippen LogP contribution in [-0.4, -0.2) is 33.7 Å². The molecule has 1 aromatic heterocycles. The van der Waals surface area contributed by atoms with E-state index in [1.807, 2.05) is 24.4 Å². The second kappa shape index (κ2) is 8.94. The lowest BCUT2D eigenvalue weighted by Gasteiger charge is -2.07. The van der Waals surface area contributed by atoms with Crippen LogP contribution in [0.3, 0.4) is 0 Å². The highest BCUT2D eigenvalue weighted by molar-refractivity contribution is 8.15. The number of benzene rings is 1. The van der Waals surface area contributed by atoms with Gasteiger partial charge >= 0.3 is 0 Å². The van der Waals surface area contributed by atoms with Crippen LogP contribution in [0.2, 0.25) is 0 Å². The molecule has 1 saturated heterocycles. The van der Waals surface area contributed by atoms with E-state index in [1.165, 1.54) is 18.7 Å². The third-order valence-corrected chi connectivity index (χ3v) is 5.94. The molecule has 7 nitrogen and oxygen atoms in total. The number of amidine groups is 1. The number of Topliss-reactive ketones (excluding diaryl/α,β-unsaturated/α-hetero) is 1. The van der Waals surface area contributed by atoms with Gasteiger partial charge in [0.05, 0.1) is 10.6 Å². The summed E-state index contributed by atoms with van der Waals surface area (Å²) in [5, 5.41) is 15.4. The molecule has 1 aliphatic heterocycles. The Kier molecular flexibility index (Phi) is 6.37. The molecule has 28 heavy (non-hydrogen) atoms. The number of hydrogen-bond acceptors (Lipinski definition) is 7. The van der Waals surface area contributed by atoms with Crippen molar-refractivity contribution in [1.82, 2.24) is 5.32 Å². The molecule has 2 amide bonds. The molecule has 1 aliphatic rings. The topological polar surface area (TPSA) is 100.0 Å². The van der Waals surface area contributed by atoms with Gasteiger partial charge in [-0.1, -0.05) is 17.8 Å². The Labute approximate surface area is 170 Å². The summed E-state index contributed by atoms with van der Waals surface area (Å²) < 4.78 is 0. The van der Waals surface area contributed by atoms with Gasteiger partial charge in [0, 0.05) is 17.7 Å². The first-order chi connectivity index (χ1) is 13.4. The summed E-state index contributed by atoms with van der Waals surface area (Å²) >= 11 is 2.74. The fourth-order valence-electron chi connectivity index (χ4n) is 2.41. The maximum atomic E-state index is 12.2. The molecule has 1 fully saturated rings. The maximum absolute atomic E-state index is 12.2. The van der Waals surface area contributed by atoms with Crippen molar-refractivity contribution in [2.24, 2.45) is 10.2 Å². The number of nitrogens with zero attached hydrogens (tertiary/aromatic N) is 2. The van der Waals surface area contributed by atoms with E-state index in [-0.39, 0.29) is 24.0 Å². The Bertz CT molecular complexity index is 950. The van der Waals surface area contributed by atoms with E-state index in [0.29, 0.717) is 16.4 Å². The Hall–Kier alpha value is -2.78. The third kappa shape index (κ3) is 5.14. The standard InChI is InChI=1S/C19H18N4O3S2/c1-11(15-4-3-9-27-15)22-23-19-21-18(26)16(28-19)10-17(25)20-14-7-5-13(6-8-14)12(2)24/h3-9,16H,10H2,1-2H3,(H,20,25)(H,21,23,26)/b22-11+. The van der Waals surface area contributed by atoms with E-state index in [1.54, 1.807) is 35.6 Å². The van der Waals surface area contributed by atoms with E-state index in [4.69, 9.17) is 0 Å². The van der Waals surface area contributed by atoms with Crippen molar-refractivity contribution in [3.8, 4) is 0 Å². The van der Waals surface area contributed by atoms with Gasteiger partial charge in [0.1, 0.15) is 5.25 Å². The number of amides is 2. The van der Waals surface area contributed by atoms with E-state index >= 15 is 0 Å². The monoisotopic (exact) mass is 414 g/mol. The summed E-state index contributed by atoms with van der Waals surface area (Å²) in [4.78, 5) is 36.6. The molecule has 0 saturated carbocycles. The molecule has 0 radical (unpaired) electrons. The molecule has 1 atom stereocenters. The number of carbonyl (C=O) groups excluding carboxylic acids is 3. The Morgan fingerprint density at radius 1 is 1.18 bits per heavy atom. The van der Waals surface area contributed by atoms with Gasteiger partial charge in [-0.25, -0.2) is 0 Å². The number of hydrogen-bond donors (Lipinski definition) is 2. The van der Waals surface area contributed by atoms with Crippen LogP contribution in [0.5, 0.6) is 0 Å².